The number of benzene rings is 2. The number of thioether (sulfide) groups is 2. The fourth-order valence-electron chi connectivity index (χ4n) is 6.23. The van der Waals surface area contributed by atoms with Crippen molar-refractivity contribution < 1.29 is 19.2 Å². The topological polar surface area (TPSA) is 220 Å². The van der Waals surface area contributed by atoms with Gasteiger partial charge >= 0.3 is 0 Å². The molecule has 1 atom stereocenters. The number of anilines is 4. The van der Waals surface area contributed by atoms with Gasteiger partial charge in [0, 0.05) is 71.3 Å². The maximum atomic E-state index is 14.3. The van der Waals surface area contributed by atoms with Gasteiger partial charge in [-0.15, -0.1) is 11.8 Å². The third kappa shape index (κ3) is 14.9. The van der Waals surface area contributed by atoms with Gasteiger partial charge in [0.1, 0.15) is 0 Å². The number of allylic oxidation sites excluding steroid dienone is 1. The first-order valence-corrected chi connectivity index (χ1v) is 22.6. The van der Waals surface area contributed by atoms with Crippen LogP contribution in [-0.4, -0.2) is 61.3 Å². The molecule has 0 bridgehead atoms. The molecule has 0 aliphatic heterocycles. The molecule has 2 aromatic rings. The highest BCUT2D eigenvalue weighted by Crippen LogP contribution is 2.41. The fourth-order valence-corrected chi connectivity index (χ4v) is 7.91. The van der Waals surface area contributed by atoms with E-state index in [9.17, 15) is 19.2 Å². The Morgan fingerprint density at radius 3 is 1.66 bits per heavy atom. The molecule has 1 aliphatic rings. The molecular formula is C44H68N8O4S2. The zero-order valence-electron chi connectivity index (χ0n) is 35.7. The Labute approximate surface area is 354 Å². The molecule has 0 aromatic heterocycles. The number of nitrogens with two attached hydrogens (primary N) is 4. The summed E-state index contributed by atoms with van der Waals surface area (Å²) in [6.45, 7) is 16.4. The number of carbonyl (C=O) groups excluding carboxylic acids is 4. The van der Waals surface area contributed by atoms with E-state index < -0.39 is 0 Å². The summed E-state index contributed by atoms with van der Waals surface area (Å²) in [4.78, 5) is 55.3. The molecule has 1 aliphatic carbocycles. The van der Waals surface area contributed by atoms with Crippen molar-refractivity contribution in [2.24, 2.45) is 28.9 Å². The van der Waals surface area contributed by atoms with Crippen molar-refractivity contribution in [1.82, 2.24) is 0 Å². The maximum absolute atomic E-state index is 14.3. The highest BCUT2D eigenvalue weighted by atomic mass is 32.2. The normalized spacial score (nSPS) is 14.4. The number of hydrogen-bond donors (Lipinski definition) is 8. The van der Waals surface area contributed by atoms with Crippen LogP contribution in [0.5, 0.6) is 0 Å². The van der Waals surface area contributed by atoms with Gasteiger partial charge < -0.3 is 44.2 Å². The molecule has 0 radical (unpaired) electrons. The second kappa shape index (κ2) is 23.2. The Morgan fingerprint density at radius 2 is 1.14 bits per heavy atom. The molecule has 1 unspecified atom stereocenters. The molecular weight excluding hydrogens is 769 g/mol. The van der Waals surface area contributed by atoms with Gasteiger partial charge in [-0.2, -0.15) is 11.8 Å². The second-order valence-electron chi connectivity index (χ2n) is 16.8. The van der Waals surface area contributed by atoms with E-state index in [0.717, 1.165) is 34.4 Å². The molecule has 12 nitrogen and oxygen atoms in total. The number of carbonyl (C=O) groups is 4. The van der Waals surface area contributed by atoms with Crippen LogP contribution in [0.1, 0.15) is 110 Å². The Morgan fingerprint density at radius 1 is 0.655 bits per heavy atom. The number of amides is 4. The van der Waals surface area contributed by atoms with Crippen LogP contribution < -0.4 is 44.2 Å². The number of nitrogens with one attached hydrogen (secondary N) is 4. The first kappa shape index (κ1) is 48.7. The minimum absolute atomic E-state index is 0.112. The Kier molecular flexibility index (Phi) is 19.5. The lowest BCUT2D eigenvalue weighted by Gasteiger charge is -2.26. The third-order valence-electron chi connectivity index (χ3n) is 9.76. The fraction of sp³-hybridized carbons (Fsp3) is 0.545. The number of rotatable bonds is 21. The quantitative estimate of drug-likeness (QED) is 0.0470. The van der Waals surface area contributed by atoms with Gasteiger partial charge in [0.25, 0.3) is 11.8 Å². The first-order chi connectivity index (χ1) is 27.4. The van der Waals surface area contributed by atoms with Crippen LogP contribution in [-0.2, 0) is 35.8 Å². The molecule has 0 saturated heterocycles. The first-order valence-electron chi connectivity index (χ1n) is 20.4. The highest BCUT2D eigenvalue weighted by molar-refractivity contribution is 7.99. The van der Waals surface area contributed by atoms with Crippen molar-refractivity contribution in [3.63, 3.8) is 0 Å². The van der Waals surface area contributed by atoms with E-state index >= 15 is 0 Å². The number of unbranched alkanes of at least 4 members (excludes halogenated alkanes) is 2. The maximum Gasteiger partial charge on any atom is 0.255 e. The molecule has 0 heterocycles. The zero-order chi connectivity index (χ0) is 43.0. The van der Waals surface area contributed by atoms with Crippen LogP contribution in [0.25, 0.3) is 0 Å². The summed E-state index contributed by atoms with van der Waals surface area (Å²) < 4.78 is 0. The van der Waals surface area contributed by atoms with Crippen molar-refractivity contribution in [1.29, 1.82) is 0 Å². The lowest BCUT2D eigenvalue weighted by Crippen LogP contribution is -2.25. The Hall–Kier alpha value is -3.66. The van der Waals surface area contributed by atoms with E-state index in [0.29, 0.717) is 109 Å². The van der Waals surface area contributed by atoms with Crippen molar-refractivity contribution in [2.75, 3.05) is 59.0 Å². The van der Waals surface area contributed by atoms with Crippen LogP contribution in [0.3, 0.4) is 0 Å². The SMILES string of the molecule is CC1CC=C(C(=O)Nc2cc(C(C)(C)C)cc(NC(=O)CCCCN)c2CSCCN)C=C1C(=O)Nc1cc(C(C)(C)C)cc(NC(=O)CCCCN)c1SCCN. The molecule has 2 aromatic carbocycles. The lowest BCUT2D eigenvalue weighted by atomic mass is 9.85. The zero-order valence-corrected chi connectivity index (χ0v) is 37.3. The molecule has 320 valence electrons. The molecule has 58 heavy (non-hydrogen) atoms. The second-order valence-corrected chi connectivity index (χ2v) is 19.0. The summed E-state index contributed by atoms with van der Waals surface area (Å²) in [5.41, 5.74) is 28.4. The standard InChI is InChI=1S/C44H68N8O4S2/c1-28-14-15-29(41(55)51-35-24-30(43(2,3)4)23-34(33(35)27-57-20-18-47)49-38(53)12-8-10-16-45)22-32(28)42(56)52-37-26-31(44(5,6)7)25-36(40(37)58-21-19-48)50-39(54)13-9-11-17-46/h15,22-26,28H,8-14,16-21,27,45-48H2,1-7H3,(H,49,53)(H,50,54)(H,51,55)(H,52,56). The van der Waals surface area contributed by atoms with Gasteiger partial charge in [0.05, 0.1) is 16.3 Å². The number of hydrogen-bond acceptors (Lipinski definition) is 10. The summed E-state index contributed by atoms with van der Waals surface area (Å²) in [6, 6.07) is 7.89. The van der Waals surface area contributed by atoms with Crippen molar-refractivity contribution >= 4 is 69.9 Å². The van der Waals surface area contributed by atoms with E-state index in [1.165, 1.54) is 11.8 Å². The average molecular weight is 837 g/mol. The largest absolute Gasteiger partial charge is 0.330 e. The van der Waals surface area contributed by atoms with Crippen molar-refractivity contribution in [3.05, 3.63) is 64.3 Å². The highest BCUT2D eigenvalue weighted by Gasteiger charge is 2.27. The van der Waals surface area contributed by atoms with Crippen molar-refractivity contribution in [2.45, 2.75) is 115 Å². The predicted octanol–water partition coefficient (Wildman–Crippen LogP) is 7.13. The van der Waals surface area contributed by atoms with E-state index in [1.807, 2.05) is 37.3 Å². The molecule has 0 saturated carbocycles. The van der Waals surface area contributed by atoms with Gasteiger partial charge in [0.2, 0.25) is 11.8 Å². The predicted molar refractivity (Wildman–Crippen MR) is 246 cm³/mol. The van der Waals surface area contributed by atoms with E-state index in [1.54, 1.807) is 17.8 Å². The molecule has 12 N–H and O–H groups in total. The van der Waals surface area contributed by atoms with Gasteiger partial charge in [-0.1, -0.05) is 54.5 Å². The van der Waals surface area contributed by atoms with E-state index in [4.69, 9.17) is 22.9 Å². The van der Waals surface area contributed by atoms with Crippen molar-refractivity contribution in [3.8, 4) is 0 Å². The molecule has 0 spiro atoms. The molecule has 3 rings (SSSR count). The minimum atomic E-state index is -0.359. The molecule has 0 fully saturated rings. The van der Waals surface area contributed by atoms with Gasteiger partial charge in [0.15, 0.2) is 0 Å². The Bertz CT molecular complexity index is 1810. The summed E-state index contributed by atoms with van der Waals surface area (Å²) in [5, 5.41) is 12.5. The monoisotopic (exact) mass is 836 g/mol. The summed E-state index contributed by atoms with van der Waals surface area (Å²) in [7, 11) is 0. The molecule has 4 amide bonds. The summed E-state index contributed by atoms with van der Waals surface area (Å²) >= 11 is 3.09. The van der Waals surface area contributed by atoms with Gasteiger partial charge in [-0.25, -0.2) is 0 Å². The summed E-state index contributed by atoms with van der Waals surface area (Å²) in [6.07, 6.45) is 7.54. The molecule has 14 heteroatoms. The average Bonchev–Trinajstić information content (AvgIpc) is 3.14. The smallest absolute Gasteiger partial charge is 0.255 e. The van der Waals surface area contributed by atoms with E-state index in [-0.39, 0.29) is 40.4 Å². The summed E-state index contributed by atoms with van der Waals surface area (Å²) in [5.74, 6) is 0.698. The van der Waals surface area contributed by atoms with E-state index in [2.05, 4.69) is 62.8 Å². The Balaban J connectivity index is 2.02. The van der Waals surface area contributed by atoms with Gasteiger partial charge in [-0.3, -0.25) is 19.2 Å². The van der Waals surface area contributed by atoms with Crippen LogP contribution >= 0.6 is 23.5 Å². The lowest BCUT2D eigenvalue weighted by molar-refractivity contribution is -0.117. The van der Waals surface area contributed by atoms with Crippen LogP contribution in [0.2, 0.25) is 0 Å². The van der Waals surface area contributed by atoms with Crippen LogP contribution in [0.15, 0.2) is 52.5 Å². The van der Waals surface area contributed by atoms with Gasteiger partial charge in [-0.05, 0) is 103 Å². The third-order valence-corrected chi connectivity index (χ3v) is 11.9. The van der Waals surface area contributed by atoms with Crippen LogP contribution in [0.4, 0.5) is 22.7 Å². The minimum Gasteiger partial charge on any atom is -0.330 e. The van der Waals surface area contributed by atoms with Crippen LogP contribution in [0, 0.1) is 5.92 Å².